The van der Waals surface area contributed by atoms with Crippen molar-refractivity contribution < 1.29 is 10.2 Å². The van der Waals surface area contributed by atoms with Gasteiger partial charge >= 0.3 is 0 Å². The zero-order valence-electron chi connectivity index (χ0n) is 6.37. The first-order valence-corrected chi connectivity index (χ1v) is 3.89. The summed E-state index contributed by atoms with van der Waals surface area (Å²) in [6.45, 7) is 0.126. The van der Waals surface area contributed by atoms with Crippen molar-refractivity contribution in [2.24, 2.45) is 5.73 Å². The van der Waals surface area contributed by atoms with Gasteiger partial charge < -0.3 is 15.9 Å². The van der Waals surface area contributed by atoms with Gasteiger partial charge in [-0.1, -0.05) is 17.7 Å². The number of phenols is 1. The summed E-state index contributed by atoms with van der Waals surface area (Å²) >= 11 is 5.57. The standard InChI is InChI=1S/C8H10ClNO2/c9-6-2-1-5(3-7(6)11)8(12)4-10/h1-3,8,11-12H,4,10H2. The molecule has 0 bridgehead atoms. The second kappa shape index (κ2) is 3.76. The maximum Gasteiger partial charge on any atom is 0.134 e. The molecule has 0 radical (unpaired) electrons. The van der Waals surface area contributed by atoms with Crippen LogP contribution in [0, 0.1) is 0 Å². The third-order valence-corrected chi connectivity index (χ3v) is 1.90. The van der Waals surface area contributed by atoms with E-state index in [1.807, 2.05) is 0 Å². The number of hydrogen-bond donors (Lipinski definition) is 3. The number of aliphatic hydroxyl groups is 1. The first-order valence-electron chi connectivity index (χ1n) is 3.51. The number of rotatable bonds is 2. The van der Waals surface area contributed by atoms with Gasteiger partial charge in [0.1, 0.15) is 5.75 Å². The number of hydrogen-bond acceptors (Lipinski definition) is 3. The predicted molar refractivity (Wildman–Crippen MR) is 47.1 cm³/mol. The molecule has 0 saturated carbocycles. The van der Waals surface area contributed by atoms with Crippen molar-refractivity contribution in [3.05, 3.63) is 28.8 Å². The lowest BCUT2D eigenvalue weighted by Gasteiger charge is -2.08. The summed E-state index contributed by atoms with van der Waals surface area (Å²) in [5.41, 5.74) is 5.80. The molecule has 0 aromatic heterocycles. The molecular weight excluding hydrogens is 178 g/mol. The zero-order valence-corrected chi connectivity index (χ0v) is 7.12. The molecule has 0 aliphatic carbocycles. The number of halogens is 1. The van der Waals surface area contributed by atoms with E-state index in [4.69, 9.17) is 22.4 Å². The molecule has 1 aromatic rings. The Labute approximate surface area is 75.4 Å². The van der Waals surface area contributed by atoms with Crippen molar-refractivity contribution in [2.45, 2.75) is 6.10 Å². The fourth-order valence-corrected chi connectivity index (χ4v) is 0.991. The Morgan fingerprint density at radius 1 is 1.50 bits per heavy atom. The van der Waals surface area contributed by atoms with Crippen molar-refractivity contribution in [3.63, 3.8) is 0 Å². The lowest BCUT2D eigenvalue weighted by Crippen LogP contribution is -2.11. The Morgan fingerprint density at radius 3 is 2.67 bits per heavy atom. The highest BCUT2D eigenvalue weighted by molar-refractivity contribution is 6.31. The molecule has 3 nitrogen and oxygen atoms in total. The summed E-state index contributed by atoms with van der Waals surface area (Å²) in [7, 11) is 0. The van der Waals surface area contributed by atoms with Gasteiger partial charge in [-0.15, -0.1) is 0 Å². The summed E-state index contributed by atoms with van der Waals surface area (Å²) in [4.78, 5) is 0. The van der Waals surface area contributed by atoms with Crippen LogP contribution in [0.4, 0.5) is 0 Å². The maximum absolute atomic E-state index is 9.27. The molecule has 0 saturated heterocycles. The van der Waals surface area contributed by atoms with E-state index < -0.39 is 6.10 Å². The van der Waals surface area contributed by atoms with Gasteiger partial charge in [-0.2, -0.15) is 0 Å². The normalized spacial score (nSPS) is 12.9. The first kappa shape index (κ1) is 9.32. The third kappa shape index (κ3) is 1.88. The van der Waals surface area contributed by atoms with E-state index in [9.17, 15) is 5.11 Å². The van der Waals surface area contributed by atoms with Gasteiger partial charge in [-0.25, -0.2) is 0 Å². The smallest absolute Gasteiger partial charge is 0.134 e. The molecule has 66 valence electrons. The van der Waals surface area contributed by atoms with Crippen LogP contribution >= 0.6 is 11.6 Å². The molecule has 4 N–H and O–H groups in total. The van der Waals surface area contributed by atoms with Gasteiger partial charge in [0.2, 0.25) is 0 Å². The van der Waals surface area contributed by atoms with Crippen LogP contribution < -0.4 is 5.73 Å². The fourth-order valence-electron chi connectivity index (χ4n) is 0.873. The molecule has 12 heavy (non-hydrogen) atoms. The monoisotopic (exact) mass is 187 g/mol. The highest BCUT2D eigenvalue weighted by Gasteiger charge is 2.06. The Morgan fingerprint density at radius 2 is 2.17 bits per heavy atom. The van der Waals surface area contributed by atoms with Crippen LogP contribution in [0.1, 0.15) is 11.7 Å². The summed E-state index contributed by atoms with van der Waals surface area (Å²) in [5.74, 6) is -0.0401. The van der Waals surface area contributed by atoms with Crippen LogP contribution in [0.15, 0.2) is 18.2 Å². The lowest BCUT2D eigenvalue weighted by molar-refractivity contribution is 0.186. The van der Waals surface area contributed by atoms with E-state index >= 15 is 0 Å². The molecule has 0 heterocycles. The van der Waals surface area contributed by atoms with E-state index in [0.717, 1.165) is 0 Å². The second-order valence-electron chi connectivity index (χ2n) is 2.46. The van der Waals surface area contributed by atoms with Gasteiger partial charge in [-0.3, -0.25) is 0 Å². The van der Waals surface area contributed by atoms with Crippen molar-refractivity contribution in [1.82, 2.24) is 0 Å². The number of nitrogens with two attached hydrogens (primary N) is 1. The van der Waals surface area contributed by atoms with Crippen LogP contribution in [-0.4, -0.2) is 16.8 Å². The van der Waals surface area contributed by atoms with Crippen LogP contribution in [0.25, 0.3) is 0 Å². The van der Waals surface area contributed by atoms with Gasteiger partial charge in [0.15, 0.2) is 0 Å². The number of aliphatic hydroxyl groups excluding tert-OH is 1. The largest absolute Gasteiger partial charge is 0.506 e. The Bertz CT molecular complexity index is 278. The van der Waals surface area contributed by atoms with E-state index in [0.29, 0.717) is 5.56 Å². The number of benzene rings is 1. The molecule has 0 fully saturated rings. The van der Waals surface area contributed by atoms with Gasteiger partial charge in [0.05, 0.1) is 11.1 Å². The average Bonchev–Trinajstić information content (AvgIpc) is 2.08. The fraction of sp³-hybridized carbons (Fsp3) is 0.250. The quantitative estimate of drug-likeness (QED) is 0.648. The number of phenolic OH excluding ortho intramolecular Hbond substituents is 1. The van der Waals surface area contributed by atoms with E-state index in [-0.39, 0.29) is 17.3 Å². The van der Waals surface area contributed by atoms with E-state index in [1.165, 1.54) is 12.1 Å². The molecule has 1 atom stereocenters. The summed E-state index contributed by atoms with van der Waals surface area (Å²) in [6.07, 6.45) is -0.742. The van der Waals surface area contributed by atoms with Crippen molar-refractivity contribution in [3.8, 4) is 5.75 Å². The molecule has 0 aliphatic rings. The topological polar surface area (TPSA) is 66.5 Å². The molecular formula is C8H10ClNO2. The van der Waals surface area contributed by atoms with Gasteiger partial charge in [0, 0.05) is 6.54 Å². The minimum atomic E-state index is -0.742. The molecule has 0 aliphatic heterocycles. The van der Waals surface area contributed by atoms with Crippen LogP contribution in [0.5, 0.6) is 5.75 Å². The third-order valence-electron chi connectivity index (χ3n) is 1.58. The molecule has 0 spiro atoms. The highest BCUT2D eigenvalue weighted by Crippen LogP contribution is 2.26. The molecule has 4 heteroatoms. The summed E-state index contributed by atoms with van der Waals surface area (Å²) in [5, 5.41) is 18.7. The molecule has 1 rings (SSSR count). The van der Waals surface area contributed by atoms with Crippen LogP contribution in [-0.2, 0) is 0 Å². The van der Waals surface area contributed by atoms with Crippen molar-refractivity contribution in [1.29, 1.82) is 0 Å². The van der Waals surface area contributed by atoms with E-state index in [1.54, 1.807) is 6.07 Å². The predicted octanol–water partition coefficient (Wildman–Crippen LogP) is 1.04. The Kier molecular flexibility index (Phi) is 2.92. The highest BCUT2D eigenvalue weighted by atomic mass is 35.5. The average molecular weight is 188 g/mol. The van der Waals surface area contributed by atoms with Gasteiger partial charge in [-0.05, 0) is 17.7 Å². The zero-order chi connectivity index (χ0) is 9.14. The van der Waals surface area contributed by atoms with Gasteiger partial charge in [0.25, 0.3) is 0 Å². The molecule has 1 aromatic carbocycles. The van der Waals surface area contributed by atoms with Crippen molar-refractivity contribution >= 4 is 11.6 Å². The second-order valence-corrected chi connectivity index (χ2v) is 2.87. The van der Waals surface area contributed by atoms with E-state index in [2.05, 4.69) is 0 Å². The Hall–Kier alpha value is -0.770. The first-order chi connectivity index (χ1) is 5.65. The summed E-state index contributed by atoms with van der Waals surface area (Å²) in [6, 6.07) is 4.55. The minimum Gasteiger partial charge on any atom is -0.506 e. The van der Waals surface area contributed by atoms with Crippen LogP contribution in [0.2, 0.25) is 5.02 Å². The van der Waals surface area contributed by atoms with Crippen LogP contribution in [0.3, 0.4) is 0 Å². The minimum absolute atomic E-state index is 0.0401. The molecule has 0 amide bonds. The SMILES string of the molecule is NCC(O)c1ccc(Cl)c(O)c1. The Balaban J connectivity index is 2.96. The molecule has 1 unspecified atom stereocenters. The lowest BCUT2D eigenvalue weighted by atomic mass is 10.1. The summed E-state index contributed by atoms with van der Waals surface area (Å²) < 4.78 is 0. The maximum atomic E-state index is 9.27. The number of aromatic hydroxyl groups is 1. The van der Waals surface area contributed by atoms with Crippen molar-refractivity contribution in [2.75, 3.05) is 6.54 Å².